The lowest BCUT2D eigenvalue weighted by molar-refractivity contribution is 0.166. The molecule has 0 aromatic carbocycles. The molecule has 1 atom stereocenters. The Labute approximate surface area is 142 Å². The Hall–Kier alpha value is -1.11. The monoisotopic (exact) mass is 337 g/mol. The molecule has 2 aliphatic rings. The van der Waals surface area contributed by atoms with E-state index in [2.05, 4.69) is 33.0 Å². The Kier molecular flexibility index (Phi) is 5.56. The van der Waals surface area contributed by atoms with Gasteiger partial charge in [-0.1, -0.05) is 6.07 Å². The van der Waals surface area contributed by atoms with Crippen LogP contribution in [-0.4, -0.2) is 49.3 Å². The van der Waals surface area contributed by atoms with E-state index in [0.29, 0.717) is 12.5 Å². The first kappa shape index (κ1) is 16.7. The molecule has 0 spiro atoms. The maximum absolute atomic E-state index is 12.0. The summed E-state index contributed by atoms with van der Waals surface area (Å²) in [4.78, 5) is 16.0. The molecule has 2 saturated heterocycles. The highest BCUT2D eigenvalue weighted by molar-refractivity contribution is 7.09. The highest BCUT2D eigenvalue weighted by Crippen LogP contribution is 2.20. The molecule has 0 saturated carbocycles. The van der Waals surface area contributed by atoms with Gasteiger partial charge in [0.1, 0.15) is 0 Å². The number of piperidine rings is 1. The molecule has 1 unspecified atom stereocenters. The molecule has 1 aromatic rings. The second-order valence-corrected chi connectivity index (χ2v) is 8.03. The number of ether oxygens (including phenoxy) is 1. The Morgan fingerprint density at radius 1 is 1.48 bits per heavy atom. The van der Waals surface area contributed by atoms with Crippen LogP contribution in [-0.2, 0) is 11.3 Å². The van der Waals surface area contributed by atoms with Crippen molar-refractivity contribution in [1.29, 1.82) is 0 Å². The number of urea groups is 1. The lowest BCUT2D eigenvalue weighted by Crippen LogP contribution is -2.51. The number of nitrogens with zero attached hydrogens (tertiary/aromatic N) is 1. The fourth-order valence-corrected chi connectivity index (χ4v) is 4.04. The van der Waals surface area contributed by atoms with E-state index in [1.54, 1.807) is 0 Å². The lowest BCUT2D eigenvalue weighted by atomic mass is 9.97. The number of nitrogens with one attached hydrogen (secondary N) is 2. The average Bonchev–Trinajstić information content (AvgIpc) is 3.18. The van der Waals surface area contributed by atoms with Gasteiger partial charge in [0.25, 0.3) is 0 Å². The van der Waals surface area contributed by atoms with Crippen molar-refractivity contribution in [3.63, 3.8) is 0 Å². The zero-order valence-corrected chi connectivity index (χ0v) is 14.7. The summed E-state index contributed by atoms with van der Waals surface area (Å²) < 4.78 is 5.36. The Morgan fingerprint density at radius 3 is 2.96 bits per heavy atom. The van der Waals surface area contributed by atoms with Gasteiger partial charge in [0.15, 0.2) is 0 Å². The number of carbonyl (C=O) groups excluding carboxylic acids is 1. The van der Waals surface area contributed by atoms with Gasteiger partial charge >= 0.3 is 6.03 Å². The number of carbonyl (C=O) groups is 1. The van der Waals surface area contributed by atoms with Gasteiger partial charge in [-0.05, 0) is 56.6 Å². The van der Waals surface area contributed by atoms with Crippen molar-refractivity contribution in [1.82, 2.24) is 15.5 Å². The Balaban J connectivity index is 1.33. The SMILES string of the molecule is CC1(NC(=O)NCC2CCN(Cc3cccs3)CC2)CCOC1. The minimum absolute atomic E-state index is 0.0565. The maximum Gasteiger partial charge on any atom is 0.315 e. The van der Waals surface area contributed by atoms with E-state index in [1.807, 2.05) is 18.3 Å². The molecule has 2 amide bonds. The van der Waals surface area contributed by atoms with Crippen molar-refractivity contribution in [3.05, 3.63) is 22.4 Å². The standard InChI is InChI=1S/C17H27N3O2S/c1-17(6-9-22-13-17)19-16(21)18-11-14-4-7-20(8-5-14)12-15-3-2-10-23-15/h2-3,10,14H,4-9,11-13H2,1H3,(H2,18,19,21). The van der Waals surface area contributed by atoms with Crippen LogP contribution < -0.4 is 10.6 Å². The van der Waals surface area contributed by atoms with Crippen LogP contribution in [0.15, 0.2) is 17.5 Å². The summed E-state index contributed by atoms with van der Waals surface area (Å²) in [6.45, 7) is 7.48. The van der Waals surface area contributed by atoms with Crippen molar-refractivity contribution in [2.75, 3.05) is 32.8 Å². The van der Waals surface area contributed by atoms with Gasteiger partial charge in [0, 0.05) is 24.6 Å². The number of rotatable bonds is 5. The highest BCUT2D eigenvalue weighted by atomic mass is 32.1. The predicted molar refractivity (Wildman–Crippen MR) is 92.7 cm³/mol. The molecule has 128 valence electrons. The Bertz CT molecular complexity index is 492. The van der Waals surface area contributed by atoms with Gasteiger partial charge in [-0.15, -0.1) is 11.3 Å². The van der Waals surface area contributed by atoms with E-state index in [-0.39, 0.29) is 11.6 Å². The van der Waals surface area contributed by atoms with Crippen LogP contribution in [0.3, 0.4) is 0 Å². The van der Waals surface area contributed by atoms with E-state index in [9.17, 15) is 4.79 Å². The number of likely N-dealkylation sites (tertiary alicyclic amines) is 1. The number of hydrogen-bond donors (Lipinski definition) is 2. The van der Waals surface area contributed by atoms with Crippen LogP contribution in [0.25, 0.3) is 0 Å². The van der Waals surface area contributed by atoms with Gasteiger partial charge in [0.05, 0.1) is 12.1 Å². The summed E-state index contributed by atoms with van der Waals surface area (Å²) in [6.07, 6.45) is 3.21. The third-order valence-corrected chi connectivity index (χ3v) is 5.71. The molecule has 23 heavy (non-hydrogen) atoms. The van der Waals surface area contributed by atoms with Crippen molar-refractivity contribution in [2.45, 2.75) is 38.3 Å². The summed E-state index contributed by atoms with van der Waals surface area (Å²) in [5.74, 6) is 0.591. The highest BCUT2D eigenvalue weighted by Gasteiger charge is 2.31. The molecule has 5 nitrogen and oxygen atoms in total. The maximum atomic E-state index is 12.0. The molecule has 0 bridgehead atoms. The van der Waals surface area contributed by atoms with E-state index >= 15 is 0 Å². The summed E-state index contributed by atoms with van der Waals surface area (Å²) in [5.41, 5.74) is -0.200. The minimum Gasteiger partial charge on any atom is -0.379 e. The number of thiophene rings is 1. The first-order valence-electron chi connectivity index (χ1n) is 8.51. The fourth-order valence-electron chi connectivity index (χ4n) is 3.29. The van der Waals surface area contributed by atoms with Gasteiger partial charge in [0.2, 0.25) is 0 Å². The molecule has 0 radical (unpaired) electrons. The quantitative estimate of drug-likeness (QED) is 0.868. The van der Waals surface area contributed by atoms with Gasteiger partial charge in [-0.2, -0.15) is 0 Å². The van der Waals surface area contributed by atoms with Crippen LogP contribution >= 0.6 is 11.3 Å². The summed E-state index contributed by atoms with van der Waals surface area (Å²) >= 11 is 1.83. The summed E-state index contributed by atoms with van der Waals surface area (Å²) in [7, 11) is 0. The largest absolute Gasteiger partial charge is 0.379 e. The first-order chi connectivity index (χ1) is 11.1. The smallest absolute Gasteiger partial charge is 0.315 e. The number of amides is 2. The van der Waals surface area contributed by atoms with Crippen LogP contribution in [0, 0.1) is 5.92 Å². The Morgan fingerprint density at radius 2 is 2.30 bits per heavy atom. The number of hydrogen-bond acceptors (Lipinski definition) is 4. The van der Waals surface area contributed by atoms with E-state index in [1.165, 1.54) is 4.88 Å². The van der Waals surface area contributed by atoms with Crippen molar-refractivity contribution < 1.29 is 9.53 Å². The first-order valence-corrected chi connectivity index (χ1v) is 9.39. The molecular weight excluding hydrogens is 310 g/mol. The zero-order valence-electron chi connectivity index (χ0n) is 13.8. The van der Waals surface area contributed by atoms with Gasteiger partial charge in [-0.25, -0.2) is 4.79 Å². The molecule has 3 rings (SSSR count). The molecule has 2 aliphatic heterocycles. The van der Waals surface area contributed by atoms with Crippen molar-refractivity contribution in [2.24, 2.45) is 5.92 Å². The van der Waals surface area contributed by atoms with E-state index in [4.69, 9.17) is 4.74 Å². The summed E-state index contributed by atoms with van der Waals surface area (Å²) in [5, 5.41) is 8.23. The summed E-state index contributed by atoms with van der Waals surface area (Å²) in [6, 6.07) is 4.26. The molecule has 1 aromatic heterocycles. The van der Waals surface area contributed by atoms with Gasteiger partial charge in [-0.3, -0.25) is 4.90 Å². The average molecular weight is 337 g/mol. The normalized spacial score (nSPS) is 26.3. The van der Waals surface area contributed by atoms with Gasteiger partial charge < -0.3 is 15.4 Å². The second-order valence-electron chi connectivity index (χ2n) is 7.00. The molecular formula is C17H27N3O2S. The molecule has 2 N–H and O–H groups in total. The van der Waals surface area contributed by atoms with E-state index in [0.717, 1.165) is 52.0 Å². The molecule has 2 fully saturated rings. The van der Waals surface area contributed by atoms with Crippen LogP contribution in [0.2, 0.25) is 0 Å². The minimum atomic E-state index is -0.200. The lowest BCUT2D eigenvalue weighted by Gasteiger charge is -2.32. The van der Waals surface area contributed by atoms with Crippen molar-refractivity contribution >= 4 is 17.4 Å². The van der Waals surface area contributed by atoms with Crippen LogP contribution in [0.1, 0.15) is 31.1 Å². The molecule has 6 heteroatoms. The van der Waals surface area contributed by atoms with Crippen LogP contribution in [0.5, 0.6) is 0 Å². The predicted octanol–water partition coefficient (Wildman–Crippen LogP) is 2.44. The van der Waals surface area contributed by atoms with Crippen molar-refractivity contribution in [3.8, 4) is 0 Å². The second kappa shape index (κ2) is 7.64. The fraction of sp³-hybridized carbons (Fsp3) is 0.706. The third kappa shape index (κ3) is 4.93. The zero-order chi connectivity index (χ0) is 16.1. The molecule has 0 aliphatic carbocycles. The third-order valence-electron chi connectivity index (χ3n) is 4.85. The topological polar surface area (TPSA) is 53.6 Å². The molecule has 3 heterocycles. The van der Waals surface area contributed by atoms with E-state index < -0.39 is 0 Å². The van der Waals surface area contributed by atoms with Crippen LogP contribution in [0.4, 0.5) is 4.79 Å².